The lowest BCUT2D eigenvalue weighted by atomic mass is 10.1. The second-order valence-electron chi connectivity index (χ2n) is 6.88. The molecule has 0 N–H and O–H groups in total. The van der Waals surface area contributed by atoms with Crippen LogP contribution < -0.4 is 0 Å². The normalized spacial score (nSPS) is 19.4. The van der Waals surface area contributed by atoms with Gasteiger partial charge in [-0.25, -0.2) is 14.5 Å². The van der Waals surface area contributed by atoms with Gasteiger partial charge in [0.15, 0.2) is 0 Å². The first-order valence-corrected chi connectivity index (χ1v) is 6.86. The molecule has 1 rings (SSSR count). The zero-order valence-corrected chi connectivity index (χ0v) is 13.4. The van der Waals surface area contributed by atoms with Crippen molar-refractivity contribution in [2.75, 3.05) is 0 Å². The summed E-state index contributed by atoms with van der Waals surface area (Å²) in [5.41, 5.74) is -1.45. The molecule has 1 unspecified atom stereocenters. The molecular formula is C15H23NO5. The molecule has 1 aliphatic rings. The second kappa shape index (κ2) is 5.87. The molecule has 21 heavy (non-hydrogen) atoms. The fraction of sp³-hybridized carbons (Fsp3) is 0.667. The summed E-state index contributed by atoms with van der Waals surface area (Å²) < 4.78 is 10.4. The van der Waals surface area contributed by atoms with Crippen molar-refractivity contribution in [3.63, 3.8) is 0 Å². The summed E-state index contributed by atoms with van der Waals surface area (Å²) in [7, 11) is 0. The Labute approximate surface area is 125 Å². The number of esters is 1. The average Bonchev–Trinajstić information content (AvgIpc) is 2.23. The minimum absolute atomic E-state index is 0.222. The van der Waals surface area contributed by atoms with Crippen LogP contribution in [0.3, 0.4) is 0 Å². The molecule has 2 amide bonds. The molecule has 0 saturated heterocycles. The Hall–Kier alpha value is -1.85. The third-order valence-corrected chi connectivity index (χ3v) is 2.44. The molecule has 0 saturated carbocycles. The summed E-state index contributed by atoms with van der Waals surface area (Å²) in [5, 5.41) is 0. The first kappa shape index (κ1) is 17.2. The van der Waals surface area contributed by atoms with Gasteiger partial charge in [-0.3, -0.25) is 4.79 Å². The summed E-state index contributed by atoms with van der Waals surface area (Å²) in [6, 6.07) is -0.989. The Balaban J connectivity index is 2.95. The highest BCUT2D eigenvalue weighted by Gasteiger charge is 2.40. The number of carbonyl (C=O) groups excluding carboxylic acids is 3. The number of imide groups is 1. The Kier molecular flexibility index (Phi) is 4.81. The molecule has 6 heteroatoms. The van der Waals surface area contributed by atoms with E-state index in [0.29, 0.717) is 0 Å². The third-order valence-electron chi connectivity index (χ3n) is 2.44. The van der Waals surface area contributed by atoms with Gasteiger partial charge >= 0.3 is 12.1 Å². The number of rotatable bonds is 1. The molecule has 0 aliphatic carbocycles. The Morgan fingerprint density at radius 2 is 1.62 bits per heavy atom. The SMILES string of the molecule is CC(C)(C)OC(=O)C1CC=CC(=O)N1C(=O)OC(C)(C)C. The van der Waals surface area contributed by atoms with Gasteiger partial charge in [0.25, 0.3) is 5.91 Å². The van der Waals surface area contributed by atoms with Crippen LogP contribution in [-0.2, 0) is 19.1 Å². The van der Waals surface area contributed by atoms with Crippen LogP contribution in [0.15, 0.2) is 12.2 Å². The highest BCUT2D eigenvalue weighted by atomic mass is 16.6. The molecule has 0 spiro atoms. The lowest BCUT2D eigenvalue weighted by Crippen LogP contribution is -2.52. The van der Waals surface area contributed by atoms with Crippen LogP contribution in [-0.4, -0.2) is 40.1 Å². The van der Waals surface area contributed by atoms with Gasteiger partial charge in [0, 0.05) is 0 Å². The van der Waals surface area contributed by atoms with E-state index in [1.54, 1.807) is 47.6 Å². The van der Waals surface area contributed by atoms with Crippen LogP contribution in [0.5, 0.6) is 0 Å². The van der Waals surface area contributed by atoms with Crippen molar-refractivity contribution < 1.29 is 23.9 Å². The molecule has 1 atom stereocenters. The quantitative estimate of drug-likeness (QED) is 0.695. The summed E-state index contributed by atoms with van der Waals surface area (Å²) in [6.07, 6.45) is 2.19. The van der Waals surface area contributed by atoms with Crippen molar-refractivity contribution in [2.45, 2.75) is 65.2 Å². The van der Waals surface area contributed by atoms with E-state index in [2.05, 4.69) is 0 Å². The van der Waals surface area contributed by atoms with Crippen molar-refractivity contribution >= 4 is 18.0 Å². The molecule has 118 valence electrons. The van der Waals surface area contributed by atoms with E-state index in [0.717, 1.165) is 4.90 Å². The van der Waals surface area contributed by atoms with E-state index < -0.39 is 35.2 Å². The van der Waals surface area contributed by atoms with Crippen LogP contribution in [0.2, 0.25) is 0 Å². The summed E-state index contributed by atoms with van der Waals surface area (Å²) in [4.78, 5) is 37.1. The number of hydrogen-bond acceptors (Lipinski definition) is 5. The summed E-state index contributed by atoms with van der Waals surface area (Å²) >= 11 is 0. The molecule has 0 aromatic heterocycles. The lowest BCUT2D eigenvalue weighted by Gasteiger charge is -2.33. The smallest absolute Gasteiger partial charge is 0.418 e. The first-order chi connectivity index (χ1) is 9.41. The van der Waals surface area contributed by atoms with Crippen LogP contribution in [0.4, 0.5) is 4.79 Å². The first-order valence-electron chi connectivity index (χ1n) is 6.86. The molecular weight excluding hydrogens is 274 g/mol. The number of amides is 2. The standard InChI is InChI=1S/C15H23NO5/c1-14(2,3)20-12(18)10-8-7-9-11(17)16(10)13(19)21-15(4,5)6/h7,9-10H,8H2,1-6H3. The van der Waals surface area contributed by atoms with Crippen LogP contribution >= 0.6 is 0 Å². The predicted molar refractivity (Wildman–Crippen MR) is 76.5 cm³/mol. The molecule has 0 aromatic carbocycles. The van der Waals surface area contributed by atoms with Gasteiger partial charge in [-0.15, -0.1) is 0 Å². The van der Waals surface area contributed by atoms with E-state index in [-0.39, 0.29) is 6.42 Å². The zero-order valence-electron chi connectivity index (χ0n) is 13.4. The van der Waals surface area contributed by atoms with Gasteiger partial charge in [-0.1, -0.05) is 6.08 Å². The van der Waals surface area contributed by atoms with E-state index in [9.17, 15) is 14.4 Å². The maximum Gasteiger partial charge on any atom is 0.418 e. The van der Waals surface area contributed by atoms with Gasteiger partial charge in [0.05, 0.1) is 0 Å². The highest BCUT2D eigenvalue weighted by Crippen LogP contribution is 2.20. The van der Waals surface area contributed by atoms with Crippen molar-refractivity contribution in [1.29, 1.82) is 0 Å². The Morgan fingerprint density at radius 1 is 1.10 bits per heavy atom. The lowest BCUT2D eigenvalue weighted by molar-refractivity contribution is -0.163. The number of hydrogen-bond donors (Lipinski definition) is 0. The van der Waals surface area contributed by atoms with Gasteiger partial charge < -0.3 is 9.47 Å². The van der Waals surface area contributed by atoms with Crippen molar-refractivity contribution in [1.82, 2.24) is 4.90 Å². The van der Waals surface area contributed by atoms with E-state index in [4.69, 9.17) is 9.47 Å². The van der Waals surface area contributed by atoms with E-state index in [1.807, 2.05) is 0 Å². The van der Waals surface area contributed by atoms with Gasteiger partial charge in [0.1, 0.15) is 17.2 Å². The second-order valence-corrected chi connectivity index (χ2v) is 6.88. The maximum absolute atomic E-state index is 12.2. The van der Waals surface area contributed by atoms with Crippen molar-refractivity contribution in [2.24, 2.45) is 0 Å². The van der Waals surface area contributed by atoms with Crippen LogP contribution in [0.25, 0.3) is 0 Å². The topological polar surface area (TPSA) is 72.9 Å². The van der Waals surface area contributed by atoms with Gasteiger partial charge in [-0.05, 0) is 54.0 Å². The minimum atomic E-state index is -0.989. The maximum atomic E-state index is 12.2. The molecule has 0 fully saturated rings. The highest BCUT2D eigenvalue weighted by molar-refractivity contribution is 6.03. The van der Waals surface area contributed by atoms with Crippen molar-refractivity contribution in [3.8, 4) is 0 Å². The van der Waals surface area contributed by atoms with Crippen LogP contribution in [0.1, 0.15) is 48.0 Å². The molecule has 0 bridgehead atoms. The molecule has 1 heterocycles. The molecule has 6 nitrogen and oxygen atoms in total. The monoisotopic (exact) mass is 297 g/mol. The van der Waals surface area contributed by atoms with Crippen LogP contribution in [0, 0.1) is 0 Å². The number of carbonyl (C=O) groups is 3. The van der Waals surface area contributed by atoms with Gasteiger partial charge in [0.2, 0.25) is 0 Å². The van der Waals surface area contributed by atoms with Gasteiger partial charge in [-0.2, -0.15) is 0 Å². The summed E-state index contributed by atoms with van der Waals surface area (Å²) in [6.45, 7) is 10.3. The number of ether oxygens (including phenoxy) is 2. The molecule has 1 aliphatic heterocycles. The largest absolute Gasteiger partial charge is 0.458 e. The Bertz CT molecular complexity index is 467. The minimum Gasteiger partial charge on any atom is -0.458 e. The average molecular weight is 297 g/mol. The zero-order chi connectivity index (χ0) is 16.4. The predicted octanol–water partition coefficient (Wildman–Crippen LogP) is 2.42. The molecule has 0 radical (unpaired) electrons. The van der Waals surface area contributed by atoms with E-state index in [1.165, 1.54) is 6.08 Å². The van der Waals surface area contributed by atoms with E-state index >= 15 is 0 Å². The summed E-state index contributed by atoms with van der Waals surface area (Å²) in [5.74, 6) is -1.20. The van der Waals surface area contributed by atoms with Crippen molar-refractivity contribution in [3.05, 3.63) is 12.2 Å². The fourth-order valence-electron chi connectivity index (χ4n) is 1.74. The molecule has 0 aromatic rings. The third kappa shape index (κ3) is 5.21. The fourth-order valence-corrected chi connectivity index (χ4v) is 1.74. The Morgan fingerprint density at radius 3 is 2.10 bits per heavy atom. The number of nitrogens with zero attached hydrogens (tertiary/aromatic N) is 1.